The zero-order valence-corrected chi connectivity index (χ0v) is 9.01. The summed E-state index contributed by atoms with van der Waals surface area (Å²) in [5, 5.41) is 3.32. The molecule has 0 aliphatic carbocycles. The molecule has 0 rings (SSSR count). The normalized spacial score (nSPS) is 13.2. The molecule has 80 valence electrons. The lowest BCUT2D eigenvalue weighted by atomic mass is 10.3. The first-order valence-electron chi connectivity index (χ1n) is 5.32. The number of rotatable bonds is 9. The minimum absolute atomic E-state index is 0.427. The van der Waals surface area contributed by atoms with Crippen molar-refractivity contribution in [2.75, 3.05) is 26.3 Å². The van der Waals surface area contributed by atoms with E-state index in [0.717, 1.165) is 26.2 Å². The first-order valence-corrected chi connectivity index (χ1v) is 5.32. The Morgan fingerprint density at radius 3 is 2.62 bits per heavy atom. The first kappa shape index (κ1) is 12.9. The fraction of sp³-hybridized carbons (Fsp3) is 1.00. The van der Waals surface area contributed by atoms with Crippen molar-refractivity contribution >= 4 is 0 Å². The number of nitrogens with one attached hydrogen (secondary N) is 1. The van der Waals surface area contributed by atoms with Gasteiger partial charge in [0.1, 0.15) is 0 Å². The molecule has 0 aromatic heterocycles. The topological polar surface area (TPSA) is 47.3 Å². The second-order valence-corrected chi connectivity index (χ2v) is 3.41. The van der Waals surface area contributed by atoms with Gasteiger partial charge in [-0.25, -0.2) is 0 Å². The molecule has 0 radical (unpaired) electrons. The highest BCUT2D eigenvalue weighted by Crippen LogP contribution is 1.89. The molecule has 0 saturated heterocycles. The maximum absolute atomic E-state index is 5.46. The van der Waals surface area contributed by atoms with Crippen LogP contribution in [-0.4, -0.2) is 32.3 Å². The van der Waals surface area contributed by atoms with Crippen LogP contribution in [0.4, 0.5) is 0 Å². The highest BCUT2D eigenvalue weighted by Gasteiger charge is 1.95. The zero-order valence-electron chi connectivity index (χ0n) is 9.01. The summed E-state index contributed by atoms with van der Waals surface area (Å²) >= 11 is 0. The van der Waals surface area contributed by atoms with Crippen molar-refractivity contribution in [1.29, 1.82) is 0 Å². The fourth-order valence-corrected chi connectivity index (χ4v) is 0.954. The smallest absolute Gasteiger partial charge is 0.0478 e. The number of ether oxygens (including phenoxy) is 1. The Bertz CT molecular complexity index is 98.9. The molecule has 0 fully saturated rings. The quantitative estimate of drug-likeness (QED) is 0.533. The lowest BCUT2D eigenvalue weighted by Gasteiger charge is -2.10. The van der Waals surface area contributed by atoms with E-state index in [1.54, 1.807) is 0 Å². The summed E-state index contributed by atoms with van der Waals surface area (Å²) in [6.45, 7) is 7.75. The van der Waals surface area contributed by atoms with E-state index in [1.807, 2.05) is 0 Å². The molecule has 0 amide bonds. The molecule has 0 aromatic carbocycles. The molecule has 0 saturated carbocycles. The minimum atomic E-state index is 0.427. The summed E-state index contributed by atoms with van der Waals surface area (Å²) in [5.74, 6) is 0. The second-order valence-electron chi connectivity index (χ2n) is 3.41. The van der Waals surface area contributed by atoms with Crippen LogP contribution in [0.15, 0.2) is 0 Å². The Labute approximate surface area is 82.0 Å². The van der Waals surface area contributed by atoms with Crippen molar-refractivity contribution in [2.45, 2.75) is 39.2 Å². The second kappa shape index (κ2) is 9.96. The Morgan fingerprint density at radius 1 is 1.31 bits per heavy atom. The molecule has 1 atom stereocenters. The van der Waals surface area contributed by atoms with Crippen LogP contribution >= 0.6 is 0 Å². The van der Waals surface area contributed by atoms with E-state index in [-0.39, 0.29) is 0 Å². The SMILES string of the molecule is CCCCOCCCNC(C)CN. The van der Waals surface area contributed by atoms with E-state index < -0.39 is 0 Å². The molecule has 0 aliphatic heterocycles. The van der Waals surface area contributed by atoms with Gasteiger partial charge in [-0.2, -0.15) is 0 Å². The summed E-state index contributed by atoms with van der Waals surface area (Å²) in [6.07, 6.45) is 3.46. The molecule has 3 N–H and O–H groups in total. The lowest BCUT2D eigenvalue weighted by molar-refractivity contribution is 0.128. The predicted molar refractivity (Wildman–Crippen MR) is 56.9 cm³/mol. The standard InChI is InChI=1S/C10H24N2O/c1-3-4-7-13-8-5-6-12-10(2)9-11/h10,12H,3-9,11H2,1-2H3. The Hall–Kier alpha value is -0.120. The van der Waals surface area contributed by atoms with Crippen LogP contribution in [0.2, 0.25) is 0 Å². The van der Waals surface area contributed by atoms with E-state index in [9.17, 15) is 0 Å². The van der Waals surface area contributed by atoms with Crippen LogP contribution in [0.1, 0.15) is 33.1 Å². The molecular formula is C10H24N2O. The van der Waals surface area contributed by atoms with Gasteiger partial charge in [0.05, 0.1) is 0 Å². The summed E-state index contributed by atoms with van der Waals surface area (Å²) in [6, 6.07) is 0.427. The van der Waals surface area contributed by atoms with Gasteiger partial charge in [-0.05, 0) is 26.3 Å². The third-order valence-electron chi connectivity index (χ3n) is 1.95. The molecule has 0 spiro atoms. The van der Waals surface area contributed by atoms with E-state index in [4.69, 9.17) is 10.5 Å². The number of hydrogen-bond acceptors (Lipinski definition) is 3. The van der Waals surface area contributed by atoms with Gasteiger partial charge in [0.2, 0.25) is 0 Å². The number of hydrogen-bond donors (Lipinski definition) is 2. The van der Waals surface area contributed by atoms with Gasteiger partial charge in [-0.3, -0.25) is 0 Å². The van der Waals surface area contributed by atoms with Gasteiger partial charge in [0, 0.05) is 25.8 Å². The van der Waals surface area contributed by atoms with E-state index in [2.05, 4.69) is 19.2 Å². The molecule has 3 heteroatoms. The summed E-state index contributed by atoms with van der Waals surface area (Å²) < 4.78 is 5.42. The van der Waals surface area contributed by atoms with Gasteiger partial charge >= 0.3 is 0 Å². The maximum atomic E-state index is 5.46. The number of nitrogens with two attached hydrogens (primary N) is 1. The van der Waals surface area contributed by atoms with Gasteiger partial charge in [0.15, 0.2) is 0 Å². The molecule has 13 heavy (non-hydrogen) atoms. The van der Waals surface area contributed by atoms with E-state index in [0.29, 0.717) is 12.6 Å². The van der Waals surface area contributed by atoms with Crippen LogP contribution < -0.4 is 11.1 Å². The Morgan fingerprint density at radius 2 is 2.00 bits per heavy atom. The van der Waals surface area contributed by atoms with Gasteiger partial charge in [-0.15, -0.1) is 0 Å². The third kappa shape index (κ3) is 9.80. The molecule has 3 nitrogen and oxygen atoms in total. The van der Waals surface area contributed by atoms with Gasteiger partial charge in [-0.1, -0.05) is 13.3 Å². The highest BCUT2D eigenvalue weighted by molar-refractivity contribution is 4.59. The lowest BCUT2D eigenvalue weighted by Crippen LogP contribution is -2.34. The van der Waals surface area contributed by atoms with Gasteiger partial charge in [0.25, 0.3) is 0 Å². The number of unbranched alkanes of at least 4 members (excludes halogenated alkanes) is 1. The molecular weight excluding hydrogens is 164 g/mol. The van der Waals surface area contributed by atoms with Crippen LogP contribution in [0, 0.1) is 0 Å². The predicted octanol–water partition coefficient (Wildman–Crippen LogP) is 1.13. The molecule has 0 aliphatic rings. The largest absolute Gasteiger partial charge is 0.381 e. The molecule has 0 heterocycles. The van der Waals surface area contributed by atoms with Crippen molar-refractivity contribution in [3.8, 4) is 0 Å². The van der Waals surface area contributed by atoms with Crippen molar-refractivity contribution in [3.05, 3.63) is 0 Å². The average molecular weight is 188 g/mol. The molecule has 0 aromatic rings. The first-order chi connectivity index (χ1) is 6.31. The zero-order chi connectivity index (χ0) is 9.94. The minimum Gasteiger partial charge on any atom is -0.381 e. The van der Waals surface area contributed by atoms with Crippen LogP contribution in [-0.2, 0) is 4.74 Å². The van der Waals surface area contributed by atoms with Crippen LogP contribution in [0.25, 0.3) is 0 Å². The van der Waals surface area contributed by atoms with Gasteiger partial charge < -0.3 is 15.8 Å². The molecule has 1 unspecified atom stereocenters. The van der Waals surface area contributed by atoms with E-state index in [1.165, 1.54) is 12.8 Å². The van der Waals surface area contributed by atoms with Crippen molar-refractivity contribution in [1.82, 2.24) is 5.32 Å². The Balaban J connectivity index is 2.91. The summed E-state index contributed by atoms with van der Waals surface area (Å²) in [7, 11) is 0. The van der Waals surface area contributed by atoms with Crippen molar-refractivity contribution in [3.63, 3.8) is 0 Å². The maximum Gasteiger partial charge on any atom is 0.0478 e. The van der Waals surface area contributed by atoms with E-state index >= 15 is 0 Å². The summed E-state index contributed by atoms with van der Waals surface area (Å²) in [5.41, 5.74) is 5.46. The summed E-state index contributed by atoms with van der Waals surface area (Å²) in [4.78, 5) is 0. The van der Waals surface area contributed by atoms with Crippen molar-refractivity contribution < 1.29 is 4.74 Å². The van der Waals surface area contributed by atoms with Crippen LogP contribution in [0.5, 0.6) is 0 Å². The highest BCUT2D eigenvalue weighted by atomic mass is 16.5. The van der Waals surface area contributed by atoms with Crippen molar-refractivity contribution in [2.24, 2.45) is 5.73 Å². The monoisotopic (exact) mass is 188 g/mol. The van der Waals surface area contributed by atoms with Crippen LogP contribution in [0.3, 0.4) is 0 Å². The molecule has 0 bridgehead atoms. The fourth-order valence-electron chi connectivity index (χ4n) is 0.954. The Kier molecular flexibility index (Phi) is 9.87. The average Bonchev–Trinajstić information content (AvgIpc) is 2.16. The third-order valence-corrected chi connectivity index (χ3v) is 1.95.